The highest BCUT2D eigenvalue weighted by Crippen LogP contribution is 2.49. The summed E-state index contributed by atoms with van der Waals surface area (Å²) >= 11 is 0. The first-order valence-corrected chi connectivity index (χ1v) is 8.97. The predicted molar refractivity (Wildman–Crippen MR) is 69.0 cm³/mol. The lowest BCUT2D eigenvalue weighted by Gasteiger charge is -2.36. The zero-order valence-corrected chi connectivity index (χ0v) is 13.2. The van der Waals surface area contributed by atoms with Gasteiger partial charge < -0.3 is 9.04 Å². The quantitative estimate of drug-likeness (QED) is 0.554. The standard InChI is InChI=1S/C10H21NO6S2/c1-9(7-18(12,13)14)5-11(3,4)6-10(9,2)8-19(15,16)17/h5-8H2,1-4H3,(H-,12,13,14,15,16,17). The van der Waals surface area contributed by atoms with Crippen LogP contribution >= 0.6 is 0 Å². The van der Waals surface area contributed by atoms with E-state index in [1.165, 1.54) is 0 Å². The first-order valence-electron chi connectivity index (χ1n) is 5.78. The van der Waals surface area contributed by atoms with Gasteiger partial charge in [0.15, 0.2) is 0 Å². The van der Waals surface area contributed by atoms with Crippen molar-refractivity contribution >= 4 is 20.2 Å². The highest BCUT2D eigenvalue weighted by molar-refractivity contribution is 7.86. The van der Waals surface area contributed by atoms with E-state index in [0.29, 0.717) is 17.6 Å². The topological polar surface area (TPSA) is 112 Å². The number of likely N-dealkylation sites (tertiary alicyclic amines) is 1. The van der Waals surface area contributed by atoms with Crippen LogP contribution < -0.4 is 0 Å². The lowest BCUT2D eigenvalue weighted by atomic mass is 9.70. The molecule has 114 valence electrons. The van der Waals surface area contributed by atoms with E-state index in [-0.39, 0.29) is 0 Å². The van der Waals surface area contributed by atoms with E-state index in [0.717, 1.165) is 0 Å². The Balaban J connectivity index is 3.26. The summed E-state index contributed by atoms with van der Waals surface area (Å²) in [6.07, 6.45) is 0. The molecule has 1 N–H and O–H groups in total. The van der Waals surface area contributed by atoms with Crippen molar-refractivity contribution in [2.24, 2.45) is 10.8 Å². The molecular weight excluding hydrogens is 294 g/mol. The van der Waals surface area contributed by atoms with Crippen LogP contribution in [0.5, 0.6) is 0 Å². The Kier molecular flexibility index (Phi) is 3.89. The molecule has 7 nitrogen and oxygen atoms in total. The van der Waals surface area contributed by atoms with Crippen molar-refractivity contribution in [2.45, 2.75) is 13.8 Å². The van der Waals surface area contributed by atoms with E-state index in [9.17, 15) is 21.4 Å². The fourth-order valence-electron chi connectivity index (χ4n) is 3.56. The van der Waals surface area contributed by atoms with Gasteiger partial charge in [-0.2, -0.15) is 8.42 Å². The Morgan fingerprint density at radius 2 is 1.42 bits per heavy atom. The van der Waals surface area contributed by atoms with Crippen LogP contribution in [0.2, 0.25) is 0 Å². The monoisotopic (exact) mass is 315 g/mol. The molecule has 1 heterocycles. The summed E-state index contributed by atoms with van der Waals surface area (Å²) in [5.74, 6) is -1.18. The van der Waals surface area contributed by atoms with Crippen LogP contribution in [-0.4, -0.2) is 69.1 Å². The molecular formula is C10H21NO6S2. The van der Waals surface area contributed by atoms with E-state index in [1.54, 1.807) is 13.8 Å². The van der Waals surface area contributed by atoms with Crippen molar-refractivity contribution < 1.29 is 30.4 Å². The maximum atomic E-state index is 11.2. The molecule has 1 aliphatic rings. The molecule has 1 saturated heterocycles. The zero-order valence-electron chi connectivity index (χ0n) is 11.6. The molecule has 1 fully saturated rings. The minimum Gasteiger partial charge on any atom is -0.748 e. The van der Waals surface area contributed by atoms with Gasteiger partial charge in [0.25, 0.3) is 10.1 Å². The zero-order chi connectivity index (χ0) is 15.3. The molecule has 1 aliphatic heterocycles. The normalized spacial score (nSPS) is 35.5. The molecule has 1 rings (SSSR count). The average Bonchev–Trinajstić information content (AvgIpc) is 2.05. The Morgan fingerprint density at radius 3 is 1.74 bits per heavy atom. The molecule has 2 unspecified atom stereocenters. The first-order chi connectivity index (χ1) is 8.08. The van der Waals surface area contributed by atoms with Gasteiger partial charge in [-0.15, -0.1) is 0 Å². The molecule has 0 aromatic carbocycles. The second-order valence-corrected chi connectivity index (χ2v) is 9.66. The van der Waals surface area contributed by atoms with Crippen molar-refractivity contribution in [3.8, 4) is 0 Å². The van der Waals surface area contributed by atoms with Crippen molar-refractivity contribution in [2.75, 3.05) is 38.7 Å². The Labute approximate surface area is 114 Å². The molecule has 0 saturated carbocycles. The summed E-state index contributed by atoms with van der Waals surface area (Å²) in [4.78, 5) is 0. The molecule has 0 aliphatic carbocycles. The van der Waals surface area contributed by atoms with E-state index in [1.807, 2.05) is 14.1 Å². The number of rotatable bonds is 4. The smallest absolute Gasteiger partial charge is 0.265 e. The number of hydrogen-bond donors (Lipinski definition) is 1. The Morgan fingerprint density at radius 1 is 1.05 bits per heavy atom. The molecule has 19 heavy (non-hydrogen) atoms. The molecule has 0 aromatic rings. The second kappa shape index (κ2) is 4.39. The highest BCUT2D eigenvalue weighted by Gasteiger charge is 2.59. The van der Waals surface area contributed by atoms with Crippen molar-refractivity contribution in [1.29, 1.82) is 0 Å². The second-order valence-electron chi connectivity index (χ2n) is 6.80. The van der Waals surface area contributed by atoms with Crippen LogP contribution in [0, 0.1) is 10.8 Å². The largest absolute Gasteiger partial charge is 0.748 e. The van der Waals surface area contributed by atoms with Crippen molar-refractivity contribution in [1.82, 2.24) is 0 Å². The first kappa shape index (κ1) is 16.8. The summed E-state index contributed by atoms with van der Waals surface area (Å²) in [5, 5.41) is 0. The molecule has 0 radical (unpaired) electrons. The molecule has 0 amide bonds. The van der Waals surface area contributed by atoms with Gasteiger partial charge in [-0.05, 0) is 0 Å². The van der Waals surface area contributed by atoms with Gasteiger partial charge in [-0.3, -0.25) is 4.55 Å². The van der Waals surface area contributed by atoms with Crippen LogP contribution in [0.15, 0.2) is 0 Å². The lowest BCUT2D eigenvalue weighted by Crippen LogP contribution is -2.45. The predicted octanol–water partition coefficient (Wildman–Crippen LogP) is -0.478. The van der Waals surface area contributed by atoms with Gasteiger partial charge in [0.1, 0.15) is 0 Å². The van der Waals surface area contributed by atoms with Crippen LogP contribution in [0.1, 0.15) is 13.8 Å². The fraction of sp³-hybridized carbons (Fsp3) is 1.00. The Bertz CT molecular complexity index is 517. The number of quaternary nitrogens is 1. The van der Waals surface area contributed by atoms with E-state index >= 15 is 0 Å². The van der Waals surface area contributed by atoms with Gasteiger partial charge in [0.05, 0.1) is 43.1 Å². The Hall–Kier alpha value is -0.220. The van der Waals surface area contributed by atoms with Gasteiger partial charge in [0.2, 0.25) is 0 Å². The molecule has 0 spiro atoms. The minimum atomic E-state index is -4.48. The van der Waals surface area contributed by atoms with Crippen LogP contribution in [-0.2, 0) is 20.2 Å². The molecule has 0 bridgehead atoms. The summed E-state index contributed by atoms with van der Waals surface area (Å²) in [7, 11) is -5.05. The third-order valence-electron chi connectivity index (χ3n) is 4.01. The third-order valence-corrected chi connectivity index (χ3v) is 6.00. The van der Waals surface area contributed by atoms with Gasteiger partial charge in [0, 0.05) is 16.6 Å². The van der Waals surface area contributed by atoms with Crippen LogP contribution in [0.4, 0.5) is 0 Å². The molecule has 2 atom stereocenters. The van der Waals surface area contributed by atoms with Gasteiger partial charge in [-0.25, -0.2) is 8.42 Å². The summed E-state index contributed by atoms with van der Waals surface area (Å²) < 4.78 is 65.1. The fourth-order valence-corrected chi connectivity index (χ4v) is 6.02. The number of nitrogens with zero attached hydrogens (tertiary/aromatic N) is 1. The summed E-state index contributed by atoms with van der Waals surface area (Å²) in [6, 6.07) is 0. The number of hydrogen-bond acceptors (Lipinski definition) is 5. The highest BCUT2D eigenvalue weighted by atomic mass is 32.2. The van der Waals surface area contributed by atoms with E-state index in [2.05, 4.69) is 0 Å². The molecule has 0 aromatic heterocycles. The average molecular weight is 315 g/mol. The lowest BCUT2D eigenvalue weighted by molar-refractivity contribution is -0.883. The van der Waals surface area contributed by atoms with E-state index < -0.39 is 42.6 Å². The van der Waals surface area contributed by atoms with Crippen LogP contribution in [0.3, 0.4) is 0 Å². The van der Waals surface area contributed by atoms with Gasteiger partial charge >= 0.3 is 0 Å². The minimum absolute atomic E-state index is 0.362. The molecule has 9 heteroatoms. The maximum absolute atomic E-state index is 11.2. The third kappa shape index (κ3) is 4.12. The van der Waals surface area contributed by atoms with Gasteiger partial charge in [-0.1, -0.05) is 13.8 Å². The maximum Gasteiger partial charge on any atom is 0.265 e. The van der Waals surface area contributed by atoms with Crippen LogP contribution in [0.25, 0.3) is 0 Å². The summed E-state index contributed by atoms with van der Waals surface area (Å²) in [5.41, 5.74) is -1.96. The summed E-state index contributed by atoms with van der Waals surface area (Å²) in [6.45, 7) is 3.94. The van der Waals surface area contributed by atoms with Crippen molar-refractivity contribution in [3.63, 3.8) is 0 Å². The van der Waals surface area contributed by atoms with Crippen molar-refractivity contribution in [3.05, 3.63) is 0 Å². The SMILES string of the molecule is CC1(CS(=O)(=O)[O-])C[N+](C)(C)CC1(C)CS(=O)(=O)O. The van der Waals surface area contributed by atoms with E-state index in [4.69, 9.17) is 4.55 Å².